The van der Waals surface area contributed by atoms with Crippen molar-refractivity contribution in [1.29, 1.82) is 0 Å². The Bertz CT molecular complexity index is 743. The Hall–Kier alpha value is -1.51. The fraction of sp³-hybridized carbons (Fsp3) is 0.312. The maximum absolute atomic E-state index is 12.5. The highest BCUT2D eigenvalue weighted by Crippen LogP contribution is 2.37. The number of carboxylic acids is 1. The number of carbonyl (C=O) groups excluding carboxylic acids is 1. The van der Waals surface area contributed by atoms with Crippen LogP contribution in [0.4, 0.5) is 0 Å². The van der Waals surface area contributed by atoms with Crippen molar-refractivity contribution in [2.45, 2.75) is 13.8 Å². The molecular weight excluding hydrogens is 432 g/mol. The molecule has 1 amide bonds. The van der Waals surface area contributed by atoms with E-state index < -0.39 is 12.6 Å². The van der Waals surface area contributed by atoms with Gasteiger partial charge in [0.15, 0.2) is 17.5 Å². The van der Waals surface area contributed by atoms with Crippen molar-refractivity contribution in [3.8, 4) is 5.75 Å². The lowest BCUT2D eigenvalue weighted by Gasteiger charge is -2.11. The summed E-state index contributed by atoms with van der Waals surface area (Å²) in [6.45, 7) is 4.48. The van der Waals surface area contributed by atoms with E-state index in [-0.39, 0.29) is 16.7 Å². The van der Waals surface area contributed by atoms with Crippen molar-refractivity contribution < 1.29 is 19.4 Å². The largest absolute Gasteiger partial charge is 0.479 e. The van der Waals surface area contributed by atoms with Crippen LogP contribution in [0.25, 0.3) is 6.08 Å². The third-order valence-electron chi connectivity index (χ3n) is 3.16. The zero-order chi connectivity index (χ0) is 18.6. The van der Waals surface area contributed by atoms with Gasteiger partial charge in [0, 0.05) is 13.1 Å². The lowest BCUT2D eigenvalue weighted by molar-refractivity contribution is -0.139. The fourth-order valence-corrected chi connectivity index (χ4v) is 4.22. The SMILES string of the molecule is CCN=C1S/C(=C/c2cc(Cl)c(OCC(=O)O)c(Br)c2)C(=O)N1CC. The first-order chi connectivity index (χ1) is 11.9. The molecule has 0 unspecified atom stereocenters. The van der Waals surface area contributed by atoms with Crippen molar-refractivity contribution in [2.75, 3.05) is 19.7 Å². The predicted molar refractivity (Wildman–Crippen MR) is 103 cm³/mol. The van der Waals surface area contributed by atoms with Crippen LogP contribution in [0.5, 0.6) is 5.75 Å². The van der Waals surface area contributed by atoms with E-state index in [1.54, 1.807) is 23.1 Å². The normalized spacial score (nSPS) is 17.6. The molecule has 0 aliphatic carbocycles. The van der Waals surface area contributed by atoms with E-state index in [9.17, 15) is 9.59 Å². The molecule has 0 spiro atoms. The number of amidine groups is 1. The number of nitrogens with zero attached hydrogens (tertiary/aromatic N) is 2. The highest BCUT2D eigenvalue weighted by molar-refractivity contribution is 9.10. The Morgan fingerprint density at radius 2 is 2.20 bits per heavy atom. The summed E-state index contributed by atoms with van der Waals surface area (Å²) in [7, 11) is 0. The number of carbonyl (C=O) groups is 2. The smallest absolute Gasteiger partial charge is 0.341 e. The summed E-state index contributed by atoms with van der Waals surface area (Å²) in [6.07, 6.45) is 1.73. The lowest BCUT2D eigenvalue weighted by Crippen LogP contribution is -2.28. The van der Waals surface area contributed by atoms with Gasteiger partial charge in [0.2, 0.25) is 0 Å². The van der Waals surface area contributed by atoms with Crippen LogP contribution < -0.4 is 4.74 Å². The van der Waals surface area contributed by atoms with Crippen LogP contribution in [0.1, 0.15) is 19.4 Å². The van der Waals surface area contributed by atoms with Crippen LogP contribution in [0.2, 0.25) is 5.02 Å². The van der Waals surface area contributed by atoms with Gasteiger partial charge < -0.3 is 9.84 Å². The van der Waals surface area contributed by atoms with Gasteiger partial charge in [-0.25, -0.2) is 4.79 Å². The van der Waals surface area contributed by atoms with Crippen molar-refractivity contribution in [1.82, 2.24) is 4.90 Å². The number of aliphatic imine (C=N–C) groups is 1. The van der Waals surface area contributed by atoms with E-state index in [4.69, 9.17) is 21.4 Å². The number of hydrogen-bond donors (Lipinski definition) is 1. The van der Waals surface area contributed by atoms with Crippen molar-refractivity contribution in [3.63, 3.8) is 0 Å². The minimum atomic E-state index is -1.09. The number of halogens is 2. The number of ether oxygens (including phenoxy) is 1. The molecule has 1 N–H and O–H groups in total. The zero-order valence-corrected chi connectivity index (χ0v) is 16.7. The third-order valence-corrected chi connectivity index (χ3v) is 5.07. The molecule has 1 saturated heterocycles. The molecule has 134 valence electrons. The molecule has 25 heavy (non-hydrogen) atoms. The Kier molecular flexibility index (Phi) is 6.92. The summed E-state index contributed by atoms with van der Waals surface area (Å²) in [4.78, 5) is 29.6. The summed E-state index contributed by atoms with van der Waals surface area (Å²) < 4.78 is 5.67. The molecule has 1 aromatic carbocycles. The second kappa shape index (κ2) is 8.73. The van der Waals surface area contributed by atoms with Crippen LogP contribution >= 0.6 is 39.3 Å². The Balaban J connectivity index is 2.31. The highest BCUT2D eigenvalue weighted by atomic mass is 79.9. The third kappa shape index (κ3) is 4.77. The number of aliphatic carboxylic acids is 1. The van der Waals surface area contributed by atoms with Gasteiger partial charge in [-0.1, -0.05) is 11.6 Å². The van der Waals surface area contributed by atoms with Crippen LogP contribution in [0.15, 0.2) is 26.5 Å². The molecule has 0 atom stereocenters. The maximum atomic E-state index is 12.5. The number of carboxylic acid groups (broad SMARTS) is 1. The topological polar surface area (TPSA) is 79.2 Å². The van der Waals surface area contributed by atoms with Gasteiger partial charge in [-0.05, 0) is 65.3 Å². The molecule has 0 aromatic heterocycles. The first-order valence-corrected chi connectivity index (χ1v) is 9.45. The van der Waals surface area contributed by atoms with Gasteiger partial charge in [-0.2, -0.15) is 0 Å². The minimum absolute atomic E-state index is 0.0989. The molecule has 1 aliphatic rings. The van der Waals surface area contributed by atoms with Gasteiger partial charge in [0.1, 0.15) is 0 Å². The Morgan fingerprint density at radius 3 is 2.76 bits per heavy atom. The molecule has 0 radical (unpaired) electrons. The number of rotatable bonds is 6. The van der Waals surface area contributed by atoms with Crippen molar-refractivity contribution in [2.24, 2.45) is 4.99 Å². The number of hydrogen-bond acceptors (Lipinski definition) is 5. The Morgan fingerprint density at radius 1 is 1.48 bits per heavy atom. The number of likely N-dealkylation sites (N-methyl/N-ethyl adjacent to an activating group) is 1. The fourth-order valence-electron chi connectivity index (χ4n) is 2.13. The number of thioether (sulfide) groups is 1. The summed E-state index contributed by atoms with van der Waals surface area (Å²) in [5.74, 6) is -0.942. The molecule has 1 fully saturated rings. The molecule has 1 aliphatic heterocycles. The summed E-state index contributed by atoms with van der Waals surface area (Å²) >= 11 is 10.8. The van der Waals surface area contributed by atoms with Crippen LogP contribution in [0, 0.1) is 0 Å². The maximum Gasteiger partial charge on any atom is 0.341 e. The summed E-state index contributed by atoms with van der Waals surface area (Å²) in [6, 6.07) is 3.34. The first kappa shape index (κ1) is 19.8. The predicted octanol–water partition coefficient (Wildman–Crippen LogP) is 3.88. The molecule has 1 aromatic rings. The van der Waals surface area contributed by atoms with Crippen LogP contribution in [-0.4, -0.2) is 46.7 Å². The van der Waals surface area contributed by atoms with Crippen LogP contribution in [-0.2, 0) is 9.59 Å². The van der Waals surface area contributed by atoms with Crippen molar-refractivity contribution in [3.05, 3.63) is 32.1 Å². The number of benzene rings is 1. The van der Waals surface area contributed by atoms with E-state index in [1.165, 1.54) is 11.8 Å². The first-order valence-electron chi connectivity index (χ1n) is 7.46. The van der Waals surface area contributed by atoms with Gasteiger partial charge in [-0.3, -0.25) is 14.7 Å². The summed E-state index contributed by atoms with van der Waals surface area (Å²) in [5.41, 5.74) is 0.698. The molecular formula is C16H16BrClN2O4S. The van der Waals surface area contributed by atoms with Gasteiger partial charge in [-0.15, -0.1) is 0 Å². The zero-order valence-electron chi connectivity index (χ0n) is 13.6. The van der Waals surface area contributed by atoms with E-state index in [2.05, 4.69) is 20.9 Å². The second-order valence-electron chi connectivity index (χ2n) is 4.91. The van der Waals surface area contributed by atoms with Gasteiger partial charge >= 0.3 is 5.97 Å². The molecule has 2 rings (SSSR count). The molecule has 0 saturated carbocycles. The number of amides is 1. The van der Waals surface area contributed by atoms with Crippen LogP contribution in [0.3, 0.4) is 0 Å². The van der Waals surface area contributed by atoms with E-state index in [1.807, 2.05) is 13.8 Å². The van der Waals surface area contributed by atoms with E-state index in [0.29, 0.717) is 33.2 Å². The average Bonchev–Trinajstić information content (AvgIpc) is 2.81. The quantitative estimate of drug-likeness (QED) is 0.670. The summed E-state index contributed by atoms with van der Waals surface area (Å²) in [5, 5.41) is 9.64. The second-order valence-corrected chi connectivity index (χ2v) is 7.18. The van der Waals surface area contributed by atoms with E-state index >= 15 is 0 Å². The van der Waals surface area contributed by atoms with Crippen molar-refractivity contribution >= 4 is 62.4 Å². The standard InChI is InChI=1S/C16H16BrClN2O4S/c1-3-19-16-20(4-2)15(23)12(25-16)7-9-5-10(17)14(11(18)6-9)24-8-13(21)22/h5-7H,3-4,8H2,1-2H3,(H,21,22)/b12-7+,19-16?. The highest BCUT2D eigenvalue weighted by Gasteiger charge is 2.31. The average molecular weight is 448 g/mol. The van der Waals surface area contributed by atoms with Gasteiger partial charge in [0.05, 0.1) is 14.4 Å². The monoisotopic (exact) mass is 446 g/mol. The lowest BCUT2D eigenvalue weighted by atomic mass is 10.2. The minimum Gasteiger partial charge on any atom is -0.479 e. The van der Waals surface area contributed by atoms with E-state index in [0.717, 1.165) is 0 Å². The molecule has 0 bridgehead atoms. The Labute approximate surface area is 163 Å². The van der Waals surface area contributed by atoms with Gasteiger partial charge in [0.25, 0.3) is 5.91 Å². The molecule has 9 heteroatoms. The molecule has 1 heterocycles. The molecule has 6 nitrogen and oxygen atoms in total.